The van der Waals surface area contributed by atoms with E-state index >= 15 is 0 Å². The first-order valence-corrected chi connectivity index (χ1v) is 7.52. The van der Waals surface area contributed by atoms with E-state index in [4.69, 9.17) is 9.52 Å². The van der Waals surface area contributed by atoms with Gasteiger partial charge in [-0.2, -0.15) is 0 Å². The van der Waals surface area contributed by atoms with Gasteiger partial charge in [-0.25, -0.2) is 0 Å². The van der Waals surface area contributed by atoms with Crippen molar-refractivity contribution in [2.75, 3.05) is 0 Å². The summed E-state index contributed by atoms with van der Waals surface area (Å²) < 4.78 is 6.85. The van der Waals surface area contributed by atoms with Crippen LogP contribution in [0.1, 0.15) is 19.2 Å². The van der Waals surface area contributed by atoms with Crippen molar-refractivity contribution in [3.8, 4) is 11.5 Å². The minimum absolute atomic E-state index is 0.0324. The molecule has 3 rings (SSSR count). The number of nitrogens with zero attached hydrogens (tertiary/aromatic N) is 2. The summed E-state index contributed by atoms with van der Waals surface area (Å²) in [6.45, 7) is 1.86. The van der Waals surface area contributed by atoms with Crippen molar-refractivity contribution in [1.82, 2.24) is 10.2 Å². The summed E-state index contributed by atoms with van der Waals surface area (Å²) in [5, 5.41) is 20.0. The van der Waals surface area contributed by atoms with E-state index < -0.39 is 5.97 Å². The fourth-order valence-corrected chi connectivity index (χ4v) is 3.19. The van der Waals surface area contributed by atoms with Crippen molar-refractivity contribution in [3.63, 3.8) is 0 Å². The van der Waals surface area contributed by atoms with E-state index in [0.29, 0.717) is 18.2 Å². The molecule has 0 saturated heterocycles. The highest BCUT2D eigenvalue weighted by Crippen LogP contribution is 2.33. The molecule has 21 heavy (non-hydrogen) atoms. The van der Waals surface area contributed by atoms with Crippen LogP contribution in [0.25, 0.3) is 21.5 Å². The van der Waals surface area contributed by atoms with Crippen molar-refractivity contribution in [3.05, 3.63) is 35.5 Å². The van der Waals surface area contributed by atoms with Crippen LogP contribution in [0.5, 0.6) is 0 Å². The number of hydrogen-bond acceptors (Lipinski definition) is 5. The lowest BCUT2D eigenvalue weighted by molar-refractivity contribution is -0.137. The summed E-state index contributed by atoms with van der Waals surface area (Å²) >= 11 is 1.63. The number of fused-ring (bicyclic) bond motifs is 1. The first-order chi connectivity index (χ1) is 10.1. The summed E-state index contributed by atoms with van der Waals surface area (Å²) in [7, 11) is 0. The Balaban J connectivity index is 1.83. The van der Waals surface area contributed by atoms with E-state index in [1.807, 2.05) is 30.5 Å². The van der Waals surface area contributed by atoms with Gasteiger partial charge in [-0.1, -0.05) is 25.1 Å². The first kappa shape index (κ1) is 13.8. The predicted molar refractivity (Wildman–Crippen MR) is 80.2 cm³/mol. The molecule has 1 aromatic carbocycles. The van der Waals surface area contributed by atoms with Gasteiger partial charge in [-0.3, -0.25) is 4.79 Å². The molecule has 5 nitrogen and oxygen atoms in total. The van der Waals surface area contributed by atoms with Gasteiger partial charge in [0.15, 0.2) is 0 Å². The Morgan fingerprint density at radius 2 is 2.19 bits per heavy atom. The van der Waals surface area contributed by atoms with Crippen LogP contribution < -0.4 is 0 Å². The van der Waals surface area contributed by atoms with E-state index in [-0.39, 0.29) is 12.3 Å². The maximum absolute atomic E-state index is 10.7. The number of aliphatic carboxylic acids is 1. The van der Waals surface area contributed by atoms with Crippen molar-refractivity contribution >= 4 is 27.4 Å². The second kappa shape index (κ2) is 5.65. The highest BCUT2D eigenvalue weighted by atomic mass is 32.1. The van der Waals surface area contributed by atoms with Crippen LogP contribution >= 0.6 is 11.3 Å². The fraction of sp³-hybridized carbons (Fsp3) is 0.267. The van der Waals surface area contributed by atoms with Crippen LogP contribution in [0.2, 0.25) is 0 Å². The van der Waals surface area contributed by atoms with Gasteiger partial charge in [0.1, 0.15) is 0 Å². The number of hydrogen-bond donors (Lipinski definition) is 1. The number of thiophene rings is 1. The van der Waals surface area contributed by atoms with E-state index in [1.165, 1.54) is 4.70 Å². The van der Waals surface area contributed by atoms with Gasteiger partial charge in [0.2, 0.25) is 11.8 Å². The summed E-state index contributed by atoms with van der Waals surface area (Å²) in [6, 6.07) is 8.05. The average molecular weight is 302 g/mol. The summed E-state index contributed by atoms with van der Waals surface area (Å²) in [5.74, 6) is 0.125. The molecule has 6 heteroatoms. The van der Waals surface area contributed by atoms with Crippen LogP contribution in [0, 0.1) is 5.92 Å². The highest BCUT2D eigenvalue weighted by molar-refractivity contribution is 7.17. The van der Waals surface area contributed by atoms with Crippen LogP contribution in [0.15, 0.2) is 34.1 Å². The lowest BCUT2D eigenvalue weighted by Crippen LogP contribution is -2.07. The molecular weight excluding hydrogens is 288 g/mol. The molecule has 0 radical (unpaired) electrons. The number of carboxylic acids is 1. The standard InChI is InChI=1S/C15H14N2O3S/c1-9(7-14(18)19)6-13-16-17-15(20-13)11-8-21-12-5-3-2-4-10(11)12/h2-5,8-9H,6-7H2,1H3,(H,18,19). The van der Waals surface area contributed by atoms with Gasteiger partial charge in [0.25, 0.3) is 0 Å². The SMILES string of the molecule is CC(CC(=O)O)Cc1nnc(-c2csc3ccccc23)o1. The molecule has 0 fully saturated rings. The van der Waals surface area contributed by atoms with E-state index in [9.17, 15) is 4.79 Å². The lowest BCUT2D eigenvalue weighted by atomic mass is 10.0. The maximum Gasteiger partial charge on any atom is 0.303 e. The molecule has 2 heterocycles. The Morgan fingerprint density at radius 1 is 1.38 bits per heavy atom. The molecule has 3 aromatic rings. The smallest absolute Gasteiger partial charge is 0.303 e. The number of rotatable bonds is 5. The molecule has 0 saturated carbocycles. The van der Waals surface area contributed by atoms with Gasteiger partial charge in [0, 0.05) is 28.3 Å². The minimum Gasteiger partial charge on any atom is -0.481 e. The molecule has 0 aliphatic carbocycles. The second-order valence-electron chi connectivity index (χ2n) is 5.05. The van der Waals surface area contributed by atoms with E-state index in [0.717, 1.165) is 10.9 Å². The number of carbonyl (C=O) groups is 1. The molecule has 108 valence electrons. The molecule has 1 atom stereocenters. The third-order valence-corrected chi connectivity index (χ3v) is 4.19. The van der Waals surface area contributed by atoms with E-state index in [1.54, 1.807) is 11.3 Å². The van der Waals surface area contributed by atoms with Crippen molar-refractivity contribution in [2.24, 2.45) is 5.92 Å². The van der Waals surface area contributed by atoms with Gasteiger partial charge < -0.3 is 9.52 Å². The van der Waals surface area contributed by atoms with Crippen molar-refractivity contribution < 1.29 is 14.3 Å². The average Bonchev–Trinajstić information content (AvgIpc) is 3.03. The topological polar surface area (TPSA) is 76.2 Å². The molecule has 0 aliphatic heterocycles. The molecule has 2 aromatic heterocycles. The largest absolute Gasteiger partial charge is 0.481 e. The summed E-state index contributed by atoms with van der Waals surface area (Å²) in [6.07, 6.45) is 0.570. The zero-order valence-corrected chi connectivity index (χ0v) is 12.3. The second-order valence-corrected chi connectivity index (χ2v) is 5.96. The highest BCUT2D eigenvalue weighted by Gasteiger charge is 2.16. The quantitative estimate of drug-likeness (QED) is 0.779. The minimum atomic E-state index is -0.814. The van der Waals surface area contributed by atoms with Crippen LogP contribution in [-0.4, -0.2) is 21.3 Å². The molecule has 0 amide bonds. The van der Waals surface area contributed by atoms with Crippen LogP contribution in [0.3, 0.4) is 0 Å². The van der Waals surface area contributed by atoms with Gasteiger partial charge in [0.05, 0.1) is 5.56 Å². The predicted octanol–water partition coefficient (Wildman–Crippen LogP) is 3.60. The fourth-order valence-electron chi connectivity index (χ4n) is 2.26. The molecule has 0 spiro atoms. The third-order valence-electron chi connectivity index (χ3n) is 3.22. The van der Waals surface area contributed by atoms with Crippen LogP contribution in [-0.2, 0) is 11.2 Å². The lowest BCUT2D eigenvalue weighted by Gasteiger charge is -2.03. The Labute approximate surface area is 125 Å². The molecule has 0 aliphatic rings. The third kappa shape index (κ3) is 2.95. The molecule has 1 unspecified atom stereocenters. The van der Waals surface area contributed by atoms with Gasteiger partial charge in [-0.05, 0) is 12.0 Å². The van der Waals surface area contributed by atoms with E-state index in [2.05, 4.69) is 16.3 Å². The van der Waals surface area contributed by atoms with Gasteiger partial charge in [-0.15, -0.1) is 21.5 Å². The number of aromatic nitrogens is 2. The summed E-state index contributed by atoms with van der Waals surface area (Å²) in [5.41, 5.74) is 0.931. The zero-order chi connectivity index (χ0) is 14.8. The number of benzene rings is 1. The molecule has 1 N–H and O–H groups in total. The molecule has 0 bridgehead atoms. The Morgan fingerprint density at radius 3 is 3.00 bits per heavy atom. The number of carboxylic acid groups (broad SMARTS) is 1. The van der Waals surface area contributed by atoms with Crippen LogP contribution in [0.4, 0.5) is 0 Å². The van der Waals surface area contributed by atoms with Gasteiger partial charge >= 0.3 is 5.97 Å². The first-order valence-electron chi connectivity index (χ1n) is 6.64. The van der Waals surface area contributed by atoms with Crippen molar-refractivity contribution in [1.29, 1.82) is 0 Å². The van der Waals surface area contributed by atoms with Crippen molar-refractivity contribution in [2.45, 2.75) is 19.8 Å². The Bertz CT molecular complexity index is 778. The monoisotopic (exact) mass is 302 g/mol. The Kier molecular flexibility index (Phi) is 3.70. The summed E-state index contributed by atoms with van der Waals surface area (Å²) in [4.78, 5) is 10.7. The molecular formula is C15H14N2O3S. The zero-order valence-electron chi connectivity index (χ0n) is 11.4. The normalized spacial score (nSPS) is 12.6. The maximum atomic E-state index is 10.7. The Hall–Kier alpha value is -2.21.